The van der Waals surface area contributed by atoms with Crippen LogP contribution in [0.15, 0.2) is 0 Å². The molecular formula is C8H14ClF2N. The number of halogens is 3. The Balaban J connectivity index is 0.000000720. The third-order valence-electron chi connectivity index (χ3n) is 3.09. The number of nitrogens with two attached hydrogens (primary N) is 1. The molecule has 2 aliphatic carbocycles. The number of hydrogen-bond donors (Lipinski definition) is 1. The van der Waals surface area contributed by atoms with Crippen molar-refractivity contribution in [1.82, 2.24) is 0 Å². The summed E-state index contributed by atoms with van der Waals surface area (Å²) >= 11 is 0. The molecule has 4 heteroatoms. The van der Waals surface area contributed by atoms with E-state index in [-0.39, 0.29) is 24.9 Å². The topological polar surface area (TPSA) is 26.0 Å². The first-order valence-electron chi connectivity index (χ1n) is 4.19. The van der Waals surface area contributed by atoms with Gasteiger partial charge in [0, 0.05) is 17.9 Å². The Morgan fingerprint density at radius 3 is 2.25 bits per heavy atom. The summed E-state index contributed by atoms with van der Waals surface area (Å²) in [4.78, 5) is 0. The summed E-state index contributed by atoms with van der Waals surface area (Å²) in [5.74, 6) is -2.38. The smallest absolute Gasteiger partial charge is 0.254 e. The molecule has 0 bridgehead atoms. The maximum absolute atomic E-state index is 12.8. The Bertz CT molecular complexity index is 186. The van der Waals surface area contributed by atoms with E-state index in [1.807, 2.05) is 0 Å². The molecule has 0 saturated heterocycles. The van der Waals surface area contributed by atoms with Crippen molar-refractivity contribution in [3.63, 3.8) is 0 Å². The zero-order valence-electron chi connectivity index (χ0n) is 6.85. The van der Waals surface area contributed by atoms with Crippen LogP contribution in [0.5, 0.6) is 0 Å². The summed E-state index contributed by atoms with van der Waals surface area (Å²) in [6, 6.07) is 0.0251. The van der Waals surface area contributed by atoms with E-state index in [2.05, 4.69) is 0 Å². The molecule has 0 aromatic heterocycles. The Morgan fingerprint density at radius 1 is 1.33 bits per heavy atom. The third kappa shape index (κ3) is 1.33. The molecule has 0 aliphatic heterocycles. The summed E-state index contributed by atoms with van der Waals surface area (Å²) in [5.41, 5.74) is 4.98. The molecule has 0 aromatic carbocycles. The minimum Gasteiger partial charge on any atom is -0.328 e. The van der Waals surface area contributed by atoms with E-state index in [0.717, 1.165) is 12.8 Å². The number of hydrogen-bond acceptors (Lipinski definition) is 1. The molecule has 0 aromatic rings. The van der Waals surface area contributed by atoms with Gasteiger partial charge in [-0.05, 0) is 19.3 Å². The maximum Gasteiger partial charge on any atom is 0.254 e. The van der Waals surface area contributed by atoms with E-state index >= 15 is 0 Å². The Morgan fingerprint density at radius 2 is 1.92 bits per heavy atom. The molecule has 2 N–H and O–H groups in total. The van der Waals surface area contributed by atoms with Gasteiger partial charge in [0.15, 0.2) is 0 Å². The lowest BCUT2D eigenvalue weighted by atomic mass is 9.83. The van der Waals surface area contributed by atoms with E-state index < -0.39 is 11.3 Å². The van der Waals surface area contributed by atoms with Crippen LogP contribution in [-0.4, -0.2) is 12.0 Å². The molecule has 2 aliphatic rings. The van der Waals surface area contributed by atoms with Crippen LogP contribution < -0.4 is 5.73 Å². The van der Waals surface area contributed by atoms with Crippen LogP contribution >= 0.6 is 12.4 Å². The largest absolute Gasteiger partial charge is 0.328 e. The van der Waals surface area contributed by atoms with Gasteiger partial charge in [0.2, 0.25) is 0 Å². The average molecular weight is 198 g/mol. The average Bonchev–Trinajstić information content (AvgIpc) is 2.32. The standard InChI is InChI=1S/C8H13F2N.ClH/c9-8(10)5-7(8)3-1-2-6(11)4-7;/h6H,1-5,11H2;1H. The second-order valence-electron chi connectivity index (χ2n) is 4.02. The highest BCUT2D eigenvalue weighted by atomic mass is 35.5. The van der Waals surface area contributed by atoms with Crippen molar-refractivity contribution in [2.45, 2.75) is 44.1 Å². The zero-order valence-corrected chi connectivity index (χ0v) is 7.67. The quantitative estimate of drug-likeness (QED) is 0.634. The van der Waals surface area contributed by atoms with Crippen LogP contribution in [0, 0.1) is 5.41 Å². The molecule has 2 unspecified atom stereocenters. The molecular weight excluding hydrogens is 184 g/mol. The zero-order chi connectivity index (χ0) is 8.11. The van der Waals surface area contributed by atoms with E-state index in [4.69, 9.17) is 5.73 Å². The van der Waals surface area contributed by atoms with Gasteiger partial charge < -0.3 is 5.73 Å². The monoisotopic (exact) mass is 197 g/mol. The molecule has 2 atom stereocenters. The summed E-state index contributed by atoms with van der Waals surface area (Å²) < 4.78 is 25.6. The lowest BCUT2D eigenvalue weighted by Gasteiger charge is -2.26. The fraction of sp³-hybridized carbons (Fsp3) is 1.00. The van der Waals surface area contributed by atoms with Gasteiger partial charge in [-0.1, -0.05) is 6.42 Å². The molecule has 12 heavy (non-hydrogen) atoms. The molecule has 0 amide bonds. The van der Waals surface area contributed by atoms with Gasteiger partial charge in [0.1, 0.15) is 0 Å². The van der Waals surface area contributed by atoms with Gasteiger partial charge in [-0.3, -0.25) is 0 Å². The maximum atomic E-state index is 12.8. The van der Waals surface area contributed by atoms with Crippen LogP contribution in [-0.2, 0) is 0 Å². The first-order chi connectivity index (χ1) is 5.06. The summed E-state index contributed by atoms with van der Waals surface area (Å²) in [6.45, 7) is 0. The number of rotatable bonds is 0. The Hall–Kier alpha value is 0.110. The van der Waals surface area contributed by atoms with E-state index in [0.29, 0.717) is 12.8 Å². The van der Waals surface area contributed by atoms with Gasteiger partial charge in [-0.15, -0.1) is 12.4 Å². The minimum absolute atomic E-state index is 0. The van der Waals surface area contributed by atoms with Gasteiger partial charge in [-0.25, -0.2) is 8.78 Å². The first kappa shape index (κ1) is 10.2. The highest BCUT2D eigenvalue weighted by molar-refractivity contribution is 5.85. The number of alkyl halides is 2. The summed E-state index contributed by atoms with van der Waals surface area (Å²) in [7, 11) is 0. The van der Waals surface area contributed by atoms with Crippen molar-refractivity contribution in [3.05, 3.63) is 0 Å². The second kappa shape index (κ2) is 2.81. The SMILES string of the molecule is Cl.NC1CCCC2(C1)CC2(F)F. The normalized spacial score (nSPS) is 43.8. The van der Waals surface area contributed by atoms with Crippen molar-refractivity contribution in [3.8, 4) is 0 Å². The molecule has 1 spiro atoms. The molecule has 0 radical (unpaired) electrons. The van der Waals surface area contributed by atoms with Crippen LogP contribution in [0.3, 0.4) is 0 Å². The fourth-order valence-corrected chi connectivity index (χ4v) is 2.28. The van der Waals surface area contributed by atoms with Gasteiger partial charge in [-0.2, -0.15) is 0 Å². The summed E-state index contributed by atoms with van der Waals surface area (Å²) in [5, 5.41) is 0. The van der Waals surface area contributed by atoms with E-state index in [1.54, 1.807) is 0 Å². The lowest BCUT2D eigenvalue weighted by molar-refractivity contribution is 0.0446. The molecule has 2 saturated carbocycles. The Labute approximate surface area is 77.1 Å². The molecule has 2 fully saturated rings. The molecule has 0 heterocycles. The van der Waals surface area contributed by atoms with Crippen molar-refractivity contribution in [2.75, 3.05) is 0 Å². The molecule has 1 nitrogen and oxygen atoms in total. The van der Waals surface area contributed by atoms with Crippen LogP contribution in [0.25, 0.3) is 0 Å². The third-order valence-corrected chi connectivity index (χ3v) is 3.09. The highest BCUT2D eigenvalue weighted by Crippen LogP contribution is 2.67. The molecule has 72 valence electrons. The van der Waals surface area contributed by atoms with Crippen molar-refractivity contribution in [1.29, 1.82) is 0 Å². The van der Waals surface area contributed by atoms with Gasteiger partial charge >= 0.3 is 0 Å². The van der Waals surface area contributed by atoms with Crippen molar-refractivity contribution in [2.24, 2.45) is 11.1 Å². The van der Waals surface area contributed by atoms with Crippen LogP contribution in [0.2, 0.25) is 0 Å². The first-order valence-corrected chi connectivity index (χ1v) is 4.19. The fourth-order valence-electron chi connectivity index (χ4n) is 2.28. The van der Waals surface area contributed by atoms with Crippen molar-refractivity contribution >= 4 is 12.4 Å². The van der Waals surface area contributed by atoms with Gasteiger partial charge in [0.05, 0.1) is 0 Å². The summed E-state index contributed by atoms with van der Waals surface area (Å²) in [6.07, 6.45) is 3.13. The van der Waals surface area contributed by atoms with Gasteiger partial charge in [0.25, 0.3) is 5.92 Å². The Kier molecular flexibility index (Phi) is 2.39. The molecule has 2 rings (SSSR count). The van der Waals surface area contributed by atoms with Crippen LogP contribution in [0.4, 0.5) is 8.78 Å². The predicted molar refractivity (Wildman–Crippen MR) is 45.7 cm³/mol. The van der Waals surface area contributed by atoms with Crippen molar-refractivity contribution < 1.29 is 8.78 Å². The lowest BCUT2D eigenvalue weighted by Crippen LogP contribution is -2.31. The van der Waals surface area contributed by atoms with Crippen LogP contribution in [0.1, 0.15) is 32.1 Å². The predicted octanol–water partition coefficient (Wildman–Crippen LogP) is 2.33. The minimum atomic E-state index is -2.38. The van der Waals surface area contributed by atoms with E-state index in [1.165, 1.54) is 0 Å². The highest BCUT2D eigenvalue weighted by Gasteiger charge is 2.70. The second-order valence-corrected chi connectivity index (χ2v) is 4.02. The van der Waals surface area contributed by atoms with E-state index in [9.17, 15) is 8.78 Å².